The van der Waals surface area contributed by atoms with E-state index in [2.05, 4.69) is 0 Å². The summed E-state index contributed by atoms with van der Waals surface area (Å²) in [6.07, 6.45) is 1.05. The van der Waals surface area contributed by atoms with Gasteiger partial charge in [-0.1, -0.05) is 24.3 Å². The van der Waals surface area contributed by atoms with Crippen molar-refractivity contribution in [3.8, 4) is 0 Å². The van der Waals surface area contributed by atoms with Crippen LogP contribution in [0.4, 0.5) is 8.78 Å². The number of esters is 1. The van der Waals surface area contributed by atoms with Crippen molar-refractivity contribution in [2.24, 2.45) is 5.92 Å². The molecule has 0 saturated heterocycles. The molecule has 0 spiro atoms. The monoisotopic (exact) mass is 288 g/mol. The van der Waals surface area contributed by atoms with Crippen LogP contribution < -0.4 is 0 Å². The maximum absolute atomic E-state index is 13.0. The highest BCUT2D eigenvalue weighted by Crippen LogP contribution is 2.34. The quantitative estimate of drug-likeness (QED) is 0.795. The lowest BCUT2D eigenvalue weighted by Crippen LogP contribution is -2.14. The van der Waals surface area contributed by atoms with E-state index in [4.69, 9.17) is 4.74 Å². The summed E-state index contributed by atoms with van der Waals surface area (Å²) in [5.41, 5.74) is 1.33. The molecule has 0 aromatic heterocycles. The fourth-order valence-electron chi connectivity index (χ4n) is 2.14. The van der Waals surface area contributed by atoms with Crippen LogP contribution in [0.15, 0.2) is 48.5 Å². The number of carbonyl (C=O) groups is 1. The van der Waals surface area contributed by atoms with E-state index < -0.39 is 6.10 Å². The van der Waals surface area contributed by atoms with Gasteiger partial charge in [0.15, 0.2) is 6.10 Å². The number of hydrogen-bond acceptors (Lipinski definition) is 2. The first-order chi connectivity index (χ1) is 10.1. The minimum Gasteiger partial charge on any atom is -0.452 e. The summed E-state index contributed by atoms with van der Waals surface area (Å²) in [4.78, 5) is 11.9. The van der Waals surface area contributed by atoms with Crippen molar-refractivity contribution < 1.29 is 18.3 Å². The molecule has 0 amide bonds. The normalized spacial score (nSPS) is 14.2. The molecule has 2 aromatic rings. The summed E-state index contributed by atoms with van der Waals surface area (Å²) >= 11 is 0. The standard InChI is InChI=1S/C17H14F2O2/c18-14-7-3-11(4-8-14)16(21-17(20)13-1-2-13)12-5-9-15(19)10-6-12/h3-10,13,16H,1-2H2. The molecule has 1 aliphatic rings. The lowest BCUT2D eigenvalue weighted by Gasteiger charge is -2.19. The Balaban J connectivity index is 1.91. The SMILES string of the molecule is O=C(OC(c1ccc(F)cc1)c1ccc(F)cc1)C1CC1. The van der Waals surface area contributed by atoms with Crippen LogP contribution in [0.5, 0.6) is 0 Å². The molecule has 2 nitrogen and oxygen atoms in total. The van der Waals surface area contributed by atoms with E-state index in [0.717, 1.165) is 12.8 Å². The number of halogens is 2. The van der Waals surface area contributed by atoms with Crippen LogP contribution in [0.2, 0.25) is 0 Å². The molecular weight excluding hydrogens is 274 g/mol. The highest BCUT2D eigenvalue weighted by atomic mass is 19.1. The van der Waals surface area contributed by atoms with Gasteiger partial charge in [0.25, 0.3) is 0 Å². The smallest absolute Gasteiger partial charge is 0.309 e. The van der Waals surface area contributed by atoms with Gasteiger partial charge in [0.2, 0.25) is 0 Å². The Kier molecular flexibility index (Phi) is 3.69. The van der Waals surface area contributed by atoms with Gasteiger partial charge in [-0.3, -0.25) is 4.79 Å². The molecule has 3 rings (SSSR count). The topological polar surface area (TPSA) is 26.3 Å². The Bertz CT molecular complexity index is 585. The molecular formula is C17H14F2O2. The van der Waals surface area contributed by atoms with Gasteiger partial charge in [-0.2, -0.15) is 0 Å². The largest absolute Gasteiger partial charge is 0.452 e. The molecule has 0 heterocycles. The summed E-state index contributed by atoms with van der Waals surface area (Å²) in [6.45, 7) is 0. The van der Waals surface area contributed by atoms with Crippen molar-refractivity contribution in [3.63, 3.8) is 0 Å². The van der Waals surface area contributed by atoms with Crippen LogP contribution in [0, 0.1) is 17.6 Å². The predicted molar refractivity (Wildman–Crippen MR) is 73.5 cm³/mol. The second-order valence-electron chi connectivity index (χ2n) is 5.19. The van der Waals surface area contributed by atoms with Crippen LogP contribution in [-0.4, -0.2) is 5.97 Å². The van der Waals surface area contributed by atoms with Crippen molar-refractivity contribution in [2.45, 2.75) is 18.9 Å². The molecule has 4 heteroatoms. The third kappa shape index (κ3) is 3.27. The van der Waals surface area contributed by atoms with Crippen LogP contribution in [0.25, 0.3) is 0 Å². The van der Waals surface area contributed by atoms with Crippen LogP contribution in [-0.2, 0) is 9.53 Å². The summed E-state index contributed by atoms with van der Waals surface area (Å²) in [5.74, 6) is -1.00. The third-order valence-corrected chi connectivity index (χ3v) is 3.49. The van der Waals surface area contributed by atoms with Gasteiger partial charge in [0.1, 0.15) is 11.6 Å². The van der Waals surface area contributed by atoms with E-state index in [1.165, 1.54) is 24.3 Å². The Labute approximate surface area is 121 Å². The minimum atomic E-state index is -0.640. The van der Waals surface area contributed by atoms with Crippen molar-refractivity contribution in [3.05, 3.63) is 71.3 Å². The van der Waals surface area contributed by atoms with Gasteiger partial charge >= 0.3 is 5.97 Å². The fourth-order valence-corrected chi connectivity index (χ4v) is 2.14. The fraction of sp³-hybridized carbons (Fsp3) is 0.235. The van der Waals surface area contributed by atoms with E-state index in [0.29, 0.717) is 11.1 Å². The average Bonchev–Trinajstić information content (AvgIpc) is 3.31. The van der Waals surface area contributed by atoms with Gasteiger partial charge in [-0.15, -0.1) is 0 Å². The van der Waals surface area contributed by atoms with E-state index in [1.807, 2.05) is 0 Å². The highest BCUT2D eigenvalue weighted by molar-refractivity contribution is 5.75. The predicted octanol–water partition coefficient (Wildman–Crippen LogP) is 4.01. The maximum atomic E-state index is 13.0. The lowest BCUT2D eigenvalue weighted by molar-refractivity contribution is -0.149. The Morgan fingerprint density at radius 1 is 0.905 bits per heavy atom. The number of carbonyl (C=O) groups excluding carboxylic acids is 1. The zero-order valence-electron chi connectivity index (χ0n) is 11.3. The summed E-state index contributed by atoms with van der Waals surface area (Å²) in [5, 5.41) is 0. The van der Waals surface area contributed by atoms with E-state index >= 15 is 0 Å². The highest BCUT2D eigenvalue weighted by Gasteiger charge is 2.33. The molecule has 0 unspecified atom stereocenters. The Morgan fingerprint density at radius 2 is 1.33 bits per heavy atom. The zero-order valence-corrected chi connectivity index (χ0v) is 11.3. The number of rotatable bonds is 4. The molecule has 1 saturated carbocycles. The van der Waals surface area contributed by atoms with Gasteiger partial charge in [0, 0.05) is 0 Å². The summed E-state index contributed by atoms with van der Waals surface area (Å²) in [6, 6.07) is 11.6. The van der Waals surface area contributed by atoms with Crippen molar-refractivity contribution in [2.75, 3.05) is 0 Å². The minimum absolute atomic E-state index is 0.0339. The third-order valence-electron chi connectivity index (χ3n) is 3.49. The molecule has 0 N–H and O–H groups in total. The van der Waals surface area contributed by atoms with Gasteiger partial charge < -0.3 is 4.74 Å². The van der Waals surface area contributed by atoms with Crippen LogP contribution in [0.3, 0.4) is 0 Å². The number of hydrogen-bond donors (Lipinski definition) is 0. The summed E-state index contributed by atoms with van der Waals surface area (Å²) in [7, 11) is 0. The van der Waals surface area contributed by atoms with Gasteiger partial charge in [-0.05, 0) is 48.2 Å². The Hall–Kier alpha value is -2.23. The average molecular weight is 288 g/mol. The van der Waals surface area contributed by atoms with Gasteiger partial charge in [0.05, 0.1) is 5.92 Å². The van der Waals surface area contributed by atoms with Gasteiger partial charge in [-0.25, -0.2) is 8.78 Å². The van der Waals surface area contributed by atoms with E-state index in [1.54, 1.807) is 24.3 Å². The zero-order chi connectivity index (χ0) is 14.8. The first-order valence-corrected chi connectivity index (χ1v) is 6.85. The first-order valence-electron chi connectivity index (χ1n) is 6.85. The second-order valence-corrected chi connectivity index (χ2v) is 5.19. The lowest BCUT2D eigenvalue weighted by atomic mass is 10.0. The van der Waals surface area contributed by atoms with Crippen LogP contribution >= 0.6 is 0 Å². The molecule has 1 aliphatic carbocycles. The van der Waals surface area contributed by atoms with Crippen LogP contribution in [0.1, 0.15) is 30.1 Å². The van der Waals surface area contributed by atoms with Crippen molar-refractivity contribution >= 4 is 5.97 Å². The number of ether oxygens (including phenoxy) is 1. The second kappa shape index (κ2) is 5.64. The van der Waals surface area contributed by atoms with E-state index in [9.17, 15) is 13.6 Å². The Morgan fingerprint density at radius 3 is 1.71 bits per heavy atom. The number of benzene rings is 2. The molecule has 0 atom stereocenters. The first kappa shape index (κ1) is 13.7. The van der Waals surface area contributed by atoms with Crippen molar-refractivity contribution in [1.29, 1.82) is 0 Å². The maximum Gasteiger partial charge on any atom is 0.309 e. The molecule has 108 valence electrons. The van der Waals surface area contributed by atoms with Crippen molar-refractivity contribution in [1.82, 2.24) is 0 Å². The molecule has 2 aromatic carbocycles. The molecule has 0 aliphatic heterocycles. The summed E-state index contributed by atoms with van der Waals surface area (Å²) < 4.78 is 31.6. The molecule has 0 bridgehead atoms. The molecule has 21 heavy (non-hydrogen) atoms. The molecule has 1 fully saturated rings. The van der Waals surface area contributed by atoms with E-state index in [-0.39, 0.29) is 23.5 Å². The molecule has 0 radical (unpaired) electrons.